The molecule has 0 amide bonds. The van der Waals surface area contributed by atoms with Gasteiger partial charge in [-0.05, 0) is 31.2 Å². The van der Waals surface area contributed by atoms with Crippen molar-refractivity contribution in [2.45, 2.75) is 18.5 Å². The van der Waals surface area contributed by atoms with Crippen LogP contribution in [-0.2, 0) is 11.2 Å². The van der Waals surface area contributed by atoms with E-state index < -0.39 is 11.6 Å². The van der Waals surface area contributed by atoms with Gasteiger partial charge in [0.2, 0.25) is 0 Å². The summed E-state index contributed by atoms with van der Waals surface area (Å²) < 4.78 is 31.0. The van der Waals surface area contributed by atoms with Gasteiger partial charge in [-0.1, -0.05) is 0 Å². The summed E-state index contributed by atoms with van der Waals surface area (Å²) in [4.78, 5) is 0. The predicted octanol–water partition coefficient (Wildman–Crippen LogP) is 1.07. The number of nitrogens with two attached hydrogens (primary N) is 1. The lowest BCUT2D eigenvalue weighted by Gasteiger charge is -2.23. The van der Waals surface area contributed by atoms with E-state index in [0.717, 1.165) is 6.07 Å². The number of ether oxygens (including phenoxy) is 1. The normalized spacial score (nSPS) is 14.6. The molecule has 3 nitrogen and oxygen atoms in total. The highest BCUT2D eigenvalue weighted by atomic mass is 19.1. The first-order chi connectivity index (χ1) is 8.06. The van der Waals surface area contributed by atoms with Gasteiger partial charge in [0.05, 0.1) is 6.61 Å². The Morgan fingerprint density at radius 3 is 2.35 bits per heavy atom. The second-order valence-electron chi connectivity index (χ2n) is 4.00. The van der Waals surface area contributed by atoms with Crippen LogP contribution in [-0.4, -0.2) is 32.8 Å². The highest BCUT2D eigenvalue weighted by molar-refractivity contribution is 5.19. The van der Waals surface area contributed by atoms with Gasteiger partial charge in [-0.3, -0.25) is 0 Å². The molecule has 0 saturated carbocycles. The van der Waals surface area contributed by atoms with E-state index in [9.17, 15) is 8.78 Å². The second kappa shape index (κ2) is 6.64. The Kier molecular flexibility index (Phi) is 5.47. The van der Waals surface area contributed by atoms with E-state index in [-0.39, 0.29) is 12.1 Å². The summed E-state index contributed by atoms with van der Waals surface area (Å²) in [5, 5.41) is 3.02. The van der Waals surface area contributed by atoms with Gasteiger partial charge < -0.3 is 15.8 Å². The minimum atomic E-state index is -0.574. The van der Waals surface area contributed by atoms with E-state index in [2.05, 4.69) is 5.32 Å². The number of halogens is 2. The molecule has 0 aliphatic heterocycles. The molecule has 0 aliphatic rings. The van der Waals surface area contributed by atoms with Crippen LogP contribution < -0.4 is 11.1 Å². The fourth-order valence-corrected chi connectivity index (χ4v) is 1.76. The van der Waals surface area contributed by atoms with Crippen LogP contribution in [0.25, 0.3) is 0 Å². The summed E-state index contributed by atoms with van der Waals surface area (Å²) in [5.74, 6) is -1.15. The van der Waals surface area contributed by atoms with Crippen LogP contribution >= 0.6 is 0 Å². The number of nitrogens with one attached hydrogen (secondary N) is 1. The molecule has 2 unspecified atom stereocenters. The average Bonchev–Trinajstić information content (AvgIpc) is 2.24. The molecule has 3 N–H and O–H groups in total. The van der Waals surface area contributed by atoms with E-state index >= 15 is 0 Å². The van der Waals surface area contributed by atoms with Gasteiger partial charge in [0.25, 0.3) is 0 Å². The molecule has 0 fully saturated rings. The van der Waals surface area contributed by atoms with Crippen molar-refractivity contribution in [1.82, 2.24) is 5.32 Å². The summed E-state index contributed by atoms with van der Waals surface area (Å²) in [5.41, 5.74) is 6.47. The number of hydrogen-bond acceptors (Lipinski definition) is 3. The largest absolute Gasteiger partial charge is 0.383 e. The number of likely N-dealkylation sites (N-methyl/N-ethyl adjacent to an activating group) is 1. The molecule has 0 radical (unpaired) electrons. The maximum absolute atomic E-state index is 13.0. The van der Waals surface area contributed by atoms with Crippen molar-refractivity contribution in [3.8, 4) is 0 Å². The number of hydrogen-bond donors (Lipinski definition) is 2. The smallest absolute Gasteiger partial charge is 0.126 e. The van der Waals surface area contributed by atoms with Crippen LogP contribution in [0.4, 0.5) is 8.78 Å². The molecule has 0 saturated heterocycles. The minimum absolute atomic E-state index is 0.0869. The van der Waals surface area contributed by atoms with Crippen LogP contribution in [0.3, 0.4) is 0 Å². The van der Waals surface area contributed by atoms with Crippen molar-refractivity contribution in [2.24, 2.45) is 5.73 Å². The zero-order valence-electron chi connectivity index (χ0n) is 10.0. The Morgan fingerprint density at radius 2 is 1.88 bits per heavy atom. The molecule has 1 aromatic carbocycles. The summed E-state index contributed by atoms with van der Waals surface area (Å²) in [6, 6.07) is 3.17. The van der Waals surface area contributed by atoms with Crippen LogP contribution in [0.1, 0.15) is 5.56 Å². The Morgan fingerprint density at radius 1 is 1.29 bits per heavy atom. The first-order valence-corrected chi connectivity index (χ1v) is 5.43. The molecular formula is C12H18F2N2O. The number of rotatable bonds is 6. The molecule has 1 rings (SSSR count). The molecule has 0 bridgehead atoms. The summed E-state index contributed by atoms with van der Waals surface area (Å²) in [6.07, 6.45) is 0.454. The fourth-order valence-electron chi connectivity index (χ4n) is 1.76. The van der Waals surface area contributed by atoms with Crippen molar-refractivity contribution in [1.29, 1.82) is 0 Å². The summed E-state index contributed by atoms with van der Waals surface area (Å²) in [7, 11) is 3.32. The first kappa shape index (κ1) is 14.0. The van der Waals surface area contributed by atoms with Crippen molar-refractivity contribution in [3.05, 3.63) is 35.4 Å². The molecule has 17 heavy (non-hydrogen) atoms. The van der Waals surface area contributed by atoms with Crippen molar-refractivity contribution in [3.63, 3.8) is 0 Å². The molecule has 1 aromatic rings. The van der Waals surface area contributed by atoms with Gasteiger partial charge >= 0.3 is 0 Å². The lowest BCUT2D eigenvalue weighted by Crippen LogP contribution is -2.47. The lowest BCUT2D eigenvalue weighted by atomic mass is 10.0. The van der Waals surface area contributed by atoms with Gasteiger partial charge in [0.15, 0.2) is 0 Å². The van der Waals surface area contributed by atoms with E-state index in [1.807, 2.05) is 0 Å². The first-order valence-electron chi connectivity index (χ1n) is 5.43. The van der Waals surface area contributed by atoms with Crippen LogP contribution in [0.15, 0.2) is 18.2 Å². The van der Waals surface area contributed by atoms with Gasteiger partial charge in [-0.15, -0.1) is 0 Å². The van der Waals surface area contributed by atoms with Crippen LogP contribution in [0, 0.1) is 11.6 Å². The zero-order valence-corrected chi connectivity index (χ0v) is 10.0. The average molecular weight is 244 g/mol. The molecule has 5 heteroatoms. The Labute approximate surface area is 100.0 Å². The third-order valence-electron chi connectivity index (χ3n) is 2.62. The molecule has 96 valence electrons. The number of methoxy groups -OCH3 is 1. The topological polar surface area (TPSA) is 47.3 Å². The Bertz CT molecular complexity index is 340. The lowest BCUT2D eigenvalue weighted by molar-refractivity contribution is 0.165. The van der Waals surface area contributed by atoms with Crippen molar-refractivity contribution >= 4 is 0 Å². The fraction of sp³-hybridized carbons (Fsp3) is 0.500. The number of benzene rings is 1. The molecule has 0 aliphatic carbocycles. The quantitative estimate of drug-likeness (QED) is 0.787. The third kappa shape index (κ3) is 4.38. The van der Waals surface area contributed by atoms with Crippen LogP contribution in [0.2, 0.25) is 0 Å². The summed E-state index contributed by atoms with van der Waals surface area (Å²) in [6.45, 7) is 0.392. The highest BCUT2D eigenvalue weighted by Crippen LogP contribution is 2.11. The standard InChI is InChI=1S/C12H18F2N2O/c1-16-12(11(15)7-17-2)5-8-3-9(13)6-10(14)4-8/h3-4,6,11-12,16H,5,7,15H2,1-2H3. The van der Waals surface area contributed by atoms with E-state index in [0.29, 0.717) is 18.6 Å². The van der Waals surface area contributed by atoms with E-state index in [1.54, 1.807) is 14.2 Å². The maximum Gasteiger partial charge on any atom is 0.126 e. The van der Waals surface area contributed by atoms with Gasteiger partial charge in [-0.25, -0.2) is 8.78 Å². The van der Waals surface area contributed by atoms with Gasteiger partial charge in [-0.2, -0.15) is 0 Å². The minimum Gasteiger partial charge on any atom is -0.383 e. The molecule has 2 atom stereocenters. The van der Waals surface area contributed by atoms with Crippen molar-refractivity contribution in [2.75, 3.05) is 20.8 Å². The summed E-state index contributed by atoms with van der Waals surface area (Å²) >= 11 is 0. The molecule has 0 aromatic heterocycles. The third-order valence-corrected chi connectivity index (χ3v) is 2.62. The zero-order chi connectivity index (χ0) is 12.8. The van der Waals surface area contributed by atoms with Crippen molar-refractivity contribution < 1.29 is 13.5 Å². The molecule has 0 spiro atoms. The van der Waals surface area contributed by atoms with Gasteiger partial charge in [0.1, 0.15) is 11.6 Å². The molecular weight excluding hydrogens is 226 g/mol. The Hall–Kier alpha value is -1.04. The van der Waals surface area contributed by atoms with Crippen LogP contribution in [0.5, 0.6) is 0 Å². The SMILES string of the molecule is CNC(Cc1cc(F)cc(F)c1)C(N)COC. The Balaban J connectivity index is 2.73. The highest BCUT2D eigenvalue weighted by Gasteiger charge is 2.16. The monoisotopic (exact) mass is 244 g/mol. The van der Waals surface area contributed by atoms with E-state index in [1.165, 1.54) is 12.1 Å². The van der Waals surface area contributed by atoms with Gasteiger partial charge in [0, 0.05) is 25.3 Å². The second-order valence-corrected chi connectivity index (χ2v) is 4.00. The predicted molar refractivity (Wildman–Crippen MR) is 62.8 cm³/mol. The van der Waals surface area contributed by atoms with E-state index in [4.69, 9.17) is 10.5 Å². The maximum atomic E-state index is 13.0. The molecule has 0 heterocycles.